The molecule has 1 aromatic rings. The highest BCUT2D eigenvalue weighted by molar-refractivity contribution is 9.10. The van der Waals surface area contributed by atoms with Crippen molar-refractivity contribution in [1.82, 2.24) is 9.78 Å². The minimum Gasteiger partial charge on any atom is -0.379 e. The molecule has 0 aliphatic heterocycles. The third kappa shape index (κ3) is 3.37. The van der Waals surface area contributed by atoms with Gasteiger partial charge in [0.25, 0.3) is 5.56 Å². The van der Waals surface area contributed by atoms with Gasteiger partial charge in [0.1, 0.15) is 11.0 Å². The number of nitrogens with zero attached hydrogens (tertiary/aromatic N) is 2. The van der Waals surface area contributed by atoms with E-state index >= 15 is 0 Å². The van der Waals surface area contributed by atoms with Crippen molar-refractivity contribution in [2.45, 2.75) is 25.9 Å². The summed E-state index contributed by atoms with van der Waals surface area (Å²) >= 11 is 3.22. The molecule has 17 heavy (non-hydrogen) atoms. The van der Waals surface area contributed by atoms with Gasteiger partial charge in [0.05, 0.1) is 11.9 Å². The highest BCUT2D eigenvalue weighted by atomic mass is 79.9. The van der Waals surface area contributed by atoms with E-state index in [2.05, 4.69) is 38.2 Å². The Bertz CT molecular complexity index is 536. The first-order valence-electron chi connectivity index (χ1n) is 4.99. The summed E-state index contributed by atoms with van der Waals surface area (Å²) in [6.07, 6.45) is 12.5. The lowest BCUT2D eigenvalue weighted by molar-refractivity contribution is 0.658. The van der Waals surface area contributed by atoms with Crippen LogP contribution >= 0.6 is 15.9 Å². The van der Waals surface area contributed by atoms with Gasteiger partial charge in [-0.05, 0) is 22.9 Å². The lowest BCUT2D eigenvalue weighted by Gasteiger charge is -2.13. The van der Waals surface area contributed by atoms with Crippen molar-refractivity contribution in [3.8, 4) is 24.7 Å². The lowest BCUT2D eigenvalue weighted by atomic mass is 10.2. The summed E-state index contributed by atoms with van der Waals surface area (Å²) in [6.45, 7) is 2.08. The predicted molar refractivity (Wildman–Crippen MR) is 71.6 cm³/mol. The minimum absolute atomic E-state index is 0.0704. The van der Waals surface area contributed by atoms with Crippen LogP contribution in [0.1, 0.15) is 13.3 Å². The zero-order valence-electron chi connectivity index (χ0n) is 9.40. The third-order valence-corrected chi connectivity index (χ3v) is 2.82. The number of halogens is 1. The number of hydrogen-bond acceptors (Lipinski definition) is 3. The van der Waals surface area contributed by atoms with Gasteiger partial charge in [-0.15, -0.1) is 18.8 Å². The molecule has 4 nitrogen and oxygen atoms in total. The summed E-state index contributed by atoms with van der Waals surface area (Å²) in [4.78, 5) is 11.8. The molecule has 1 atom stereocenters. The van der Waals surface area contributed by atoms with Crippen molar-refractivity contribution in [2.75, 3.05) is 5.32 Å². The monoisotopic (exact) mass is 293 g/mol. The van der Waals surface area contributed by atoms with Crippen LogP contribution in [0.15, 0.2) is 15.5 Å². The van der Waals surface area contributed by atoms with Crippen LogP contribution in [0.5, 0.6) is 0 Å². The molecule has 0 fully saturated rings. The van der Waals surface area contributed by atoms with Crippen LogP contribution in [-0.2, 0) is 6.54 Å². The first-order valence-corrected chi connectivity index (χ1v) is 5.78. The van der Waals surface area contributed by atoms with Crippen molar-refractivity contribution in [3.63, 3.8) is 0 Å². The van der Waals surface area contributed by atoms with Crippen molar-refractivity contribution in [1.29, 1.82) is 0 Å². The van der Waals surface area contributed by atoms with Gasteiger partial charge in [-0.2, -0.15) is 5.10 Å². The SMILES string of the molecule is C#CCC(C)Nc1cnn(CC#C)c(=O)c1Br. The molecule has 0 bridgehead atoms. The Morgan fingerprint density at radius 1 is 1.59 bits per heavy atom. The maximum atomic E-state index is 11.8. The molecule has 0 saturated carbocycles. The van der Waals surface area contributed by atoms with E-state index in [0.717, 1.165) is 0 Å². The van der Waals surface area contributed by atoms with Gasteiger partial charge in [-0.25, -0.2) is 4.68 Å². The number of rotatable bonds is 4. The van der Waals surface area contributed by atoms with Crippen molar-refractivity contribution in [3.05, 3.63) is 21.0 Å². The molecule has 0 aromatic carbocycles. The van der Waals surface area contributed by atoms with Crippen LogP contribution in [0.25, 0.3) is 0 Å². The van der Waals surface area contributed by atoms with Gasteiger partial charge in [0, 0.05) is 12.5 Å². The quantitative estimate of drug-likeness (QED) is 0.855. The van der Waals surface area contributed by atoms with Gasteiger partial charge < -0.3 is 5.32 Å². The van der Waals surface area contributed by atoms with E-state index in [1.54, 1.807) is 6.20 Å². The van der Waals surface area contributed by atoms with E-state index < -0.39 is 0 Å². The van der Waals surface area contributed by atoms with Gasteiger partial charge in [-0.1, -0.05) is 5.92 Å². The largest absolute Gasteiger partial charge is 0.379 e. The summed E-state index contributed by atoms with van der Waals surface area (Å²) in [5.41, 5.74) is 0.354. The molecule has 0 saturated heterocycles. The molecule has 1 rings (SSSR count). The van der Waals surface area contributed by atoms with Gasteiger partial charge >= 0.3 is 0 Å². The molecular weight excluding hydrogens is 282 g/mol. The Kier molecular flexibility index (Phi) is 4.81. The Hall–Kier alpha value is -1.72. The second-order valence-electron chi connectivity index (χ2n) is 3.49. The molecule has 1 aromatic heterocycles. The zero-order chi connectivity index (χ0) is 12.8. The van der Waals surface area contributed by atoms with E-state index in [9.17, 15) is 4.79 Å². The maximum absolute atomic E-state index is 11.8. The number of hydrogen-bond donors (Lipinski definition) is 1. The second kappa shape index (κ2) is 6.12. The molecule has 1 unspecified atom stereocenters. The molecule has 1 N–H and O–H groups in total. The molecular formula is C12H12BrN3O. The van der Waals surface area contributed by atoms with Crippen LogP contribution in [0.2, 0.25) is 0 Å². The van der Waals surface area contributed by atoms with Crippen LogP contribution in [0.4, 0.5) is 5.69 Å². The molecule has 0 aliphatic carbocycles. The summed E-state index contributed by atoms with van der Waals surface area (Å²) in [5.74, 6) is 4.91. The summed E-state index contributed by atoms with van der Waals surface area (Å²) in [5, 5.41) is 7.06. The van der Waals surface area contributed by atoms with Crippen molar-refractivity contribution >= 4 is 21.6 Å². The first-order chi connectivity index (χ1) is 8.10. The molecule has 5 heteroatoms. The van der Waals surface area contributed by atoms with E-state index in [1.165, 1.54) is 4.68 Å². The Balaban J connectivity index is 2.98. The summed E-state index contributed by atoms with van der Waals surface area (Å²) < 4.78 is 1.62. The maximum Gasteiger partial charge on any atom is 0.284 e. The van der Waals surface area contributed by atoms with Gasteiger partial charge in [-0.3, -0.25) is 4.79 Å². The fourth-order valence-corrected chi connectivity index (χ4v) is 1.68. The first kappa shape index (κ1) is 13.3. The van der Waals surface area contributed by atoms with Crippen LogP contribution in [-0.4, -0.2) is 15.8 Å². The van der Waals surface area contributed by atoms with E-state index in [1.807, 2.05) is 6.92 Å². The lowest BCUT2D eigenvalue weighted by Crippen LogP contribution is -2.25. The summed E-state index contributed by atoms with van der Waals surface area (Å²) in [6, 6.07) is 0.0704. The molecule has 0 amide bonds. The van der Waals surface area contributed by atoms with Crippen molar-refractivity contribution in [2.24, 2.45) is 0 Å². The van der Waals surface area contributed by atoms with E-state index in [-0.39, 0.29) is 18.1 Å². The van der Waals surface area contributed by atoms with Crippen LogP contribution in [0.3, 0.4) is 0 Å². The Morgan fingerprint density at radius 3 is 2.88 bits per heavy atom. The standard InChI is InChI=1S/C12H12BrN3O/c1-4-6-9(3)15-10-8-14-16(7-5-2)12(17)11(10)13/h1-2,8-9,15H,6-7H2,3H3. The second-order valence-corrected chi connectivity index (χ2v) is 4.29. The smallest absolute Gasteiger partial charge is 0.284 e. The summed E-state index contributed by atoms with van der Waals surface area (Å²) in [7, 11) is 0. The molecule has 0 aliphatic rings. The molecule has 1 heterocycles. The Morgan fingerprint density at radius 2 is 2.29 bits per heavy atom. The van der Waals surface area contributed by atoms with Crippen molar-refractivity contribution < 1.29 is 0 Å². The van der Waals surface area contributed by atoms with Gasteiger partial charge in [0.2, 0.25) is 0 Å². The molecule has 0 radical (unpaired) electrons. The fraction of sp³-hybridized carbons (Fsp3) is 0.333. The third-order valence-electron chi connectivity index (χ3n) is 2.05. The van der Waals surface area contributed by atoms with E-state index in [0.29, 0.717) is 16.6 Å². The number of aromatic nitrogens is 2. The topological polar surface area (TPSA) is 46.9 Å². The normalized spacial score (nSPS) is 11.3. The average molecular weight is 294 g/mol. The highest BCUT2D eigenvalue weighted by Crippen LogP contribution is 2.17. The predicted octanol–water partition coefficient (Wildman–Crippen LogP) is 1.46. The van der Waals surface area contributed by atoms with E-state index in [4.69, 9.17) is 12.8 Å². The fourth-order valence-electron chi connectivity index (χ4n) is 1.26. The number of anilines is 1. The van der Waals surface area contributed by atoms with Gasteiger partial charge in [0.15, 0.2) is 0 Å². The minimum atomic E-state index is -0.263. The number of terminal acetylenes is 2. The van der Waals surface area contributed by atoms with Crippen LogP contribution < -0.4 is 10.9 Å². The molecule has 88 valence electrons. The molecule has 0 spiro atoms. The zero-order valence-corrected chi connectivity index (χ0v) is 11.0. The van der Waals surface area contributed by atoms with Crippen LogP contribution in [0, 0.1) is 24.7 Å². The number of nitrogens with one attached hydrogen (secondary N) is 1. The highest BCUT2D eigenvalue weighted by Gasteiger charge is 2.09. The average Bonchev–Trinajstić information content (AvgIpc) is 2.29. The Labute approximate surface area is 109 Å².